The number of ether oxygens (including phenoxy) is 1. The predicted molar refractivity (Wildman–Crippen MR) is 73.3 cm³/mol. The summed E-state index contributed by atoms with van der Waals surface area (Å²) >= 11 is 0. The molecule has 1 aromatic heterocycles. The molecule has 2 saturated carbocycles. The predicted octanol–water partition coefficient (Wildman–Crippen LogP) is 2.77. The summed E-state index contributed by atoms with van der Waals surface area (Å²) in [5, 5.41) is 19.2. The first kappa shape index (κ1) is 12.2. The van der Waals surface area contributed by atoms with Gasteiger partial charge in [-0.2, -0.15) is 0 Å². The number of nitrogens with zero attached hydrogens (tertiary/aromatic N) is 1. The first-order valence-corrected chi connectivity index (χ1v) is 6.77. The van der Waals surface area contributed by atoms with Crippen LogP contribution in [0.15, 0.2) is 42.7 Å². The molecule has 5 heteroatoms. The zero-order valence-corrected chi connectivity index (χ0v) is 11.1. The highest BCUT2D eigenvalue weighted by Crippen LogP contribution is 2.85. The van der Waals surface area contributed by atoms with Crippen molar-refractivity contribution < 1.29 is 19.7 Å². The van der Waals surface area contributed by atoms with Crippen LogP contribution in [0, 0.1) is 11.3 Å². The molecule has 0 spiro atoms. The Kier molecular flexibility index (Phi) is 2.31. The average Bonchev–Trinajstić information content (AvgIpc) is 3.33. The number of carboxylic acid groups (broad SMARTS) is 1. The Hall–Kier alpha value is -2.56. The summed E-state index contributed by atoms with van der Waals surface area (Å²) < 4.78 is 5.70. The first-order valence-electron chi connectivity index (χ1n) is 6.77. The highest BCUT2D eigenvalue weighted by atomic mass is 16.5. The summed E-state index contributed by atoms with van der Waals surface area (Å²) in [7, 11) is 0. The van der Waals surface area contributed by atoms with Crippen LogP contribution in [0.4, 0.5) is 0 Å². The fourth-order valence-corrected chi connectivity index (χ4v) is 3.17. The maximum atomic E-state index is 11.3. The Morgan fingerprint density at radius 2 is 2.00 bits per heavy atom. The third kappa shape index (κ3) is 1.70. The zero-order valence-electron chi connectivity index (χ0n) is 11.1. The van der Waals surface area contributed by atoms with Crippen molar-refractivity contribution in [2.24, 2.45) is 11.3 Å². The molecule has 0 unspecified atom stereocenters. The van der Waals surface area contributed by atoms with Gasteiger partial charge in [0.15, 0.2) is 0 Å². The van der Waals surface area contributed by atoms with Crippen molar-refractivity contribution in [1.29, 1.82) is 0 Å². The summed E-state index contributed by atoms with van der Waals surface area (Å²) in [4.78, 5) is 15.2. The normalized spacial score (nSPS) is 28.6. The van der Waals surface area contributed by atoms with Gasteiger partial charge in [-0.15, -0.1) is 0 Å². The van der Waals surface area contributed by atoms with E-state index in [0.29, 0.717) is 23.5 Å². The lowest BCUT2D eigenvalue weighted by atomic mass is 9.96. The number of hydrogen-bond acceptors (Lipinski definition) is 4. The van der Waals surface area contributed by atoms with Gasteiger partial charge in [0, 0.05) is 23.9 Å². The van der Waals surface area contributed by atoms with Gasteiger partial charge in [-0.05, 0) is 42.7 Å². The number of aromatic hydroxyl groups is 1. The van der Waals surface area contributed by atoms with Crippen molar-refractivity contribution in [2.45, 2.75) is 12.3 Å². The number of hydrogen-bond donors (Lipinski definition) is 2. The molecule has 0 radical (unpaired) electrons. The average molecular weight is 283 g/mol. The molecule has 106 valence electrons. The van der Waals surface area contributed by atoms with Crippen molar-refractivity contribution in [1.82, 2.24) is 4.98 Å². The van der Waals surface area contributed by atoms with E-state index in [4.69, 9.17) is 4.74 Å². The lowest BCUT2D eigenvalue weighted by Crippen LogP contribution is -2.10. The quantitative estimate of drug-likeness (QED) is 0.902. The molecule has 2 aromatic rings. The fourth-order valence-electron chi connectivity index (χ4n) is 3.17. The van der Waals surface area contributed by atoms with Crippen molar-refractivity contribution >= 4 is 5.97 Å². The molecule has 0 amide bonds. The largest absolute Gasteiger partial charge is 0.508 e. The molecule has 0 aliphatic heterocycles. The Labute approximate surface area is 120 Å². The molecular weight excluding hydrogens is 270 g/mol. The number of aromatic nitrogens is 1. The molecule has 0 bridgehead atoms. The van der Waals surface area contributed by atoms with Gasteiger partial charge in [0.05, 0.1) is 5.41 Å². The van der Waals surface area contributed by atoms with E-state index in [1.165, 1.54) is 0 Å². The first-order chi connectivity index (χ1) is 10.1. The van der Waals surface area contributed by atoms with Gasteiger partial charge in [0.2, 0.25) is 0 Å². The minimum atomic E-state index is -0.766. The van der Waals surface area contributed by atoms with E-state index in [2.05, 4.69) is 4.98 Å². The summed E-state index contributed by atoms with van der Waals surface area (Å²) in [5.41, 5.74) is 0.0347. The number of phenolic OH excluding ortho intramolecular Hbond substituents is 1. The van der Waals surface area contributed by atoms with E-state index in [0.717, 1.165) is 0 Å². The molecule has 3 atom stereocenters. The summed E-state index contributed by atoms with van der Waals surface area (Å²) in [6, 6.07) is 8.43. The van der Waals surface area contributed by atoms with E-state index in [1.807, 2.05) is 0 Å². The van der Waals surface area contributed by atoms with E-state index in [9.17, 15) is 15.0 Å². The Balaban J connectivity index is 1.62. The monoisotopic (exact) mass is 283 g/mol. The van der Waals surface area contributed by atoms with Crippen molar-refractivity contribution in [2.75, 3.05) is 0 Å². The van der Waals surface area contributed by atoms with Crippen LogP contribution in [0.2, 0.25) is 0 Å². The lowest BCUT2D eigenvalue weighted by molar-refractivity contribution is -0.141. The van der Waals surface area contributed by atoms with E-state index >= 15 is 0 Å². The SMILES string of the molecule is O=C(O)[C@@]12C[C@H]1[C@H]2c1cc(Oc2ccncc2)ccc1O. The Morgan fingerprint density at radius 1 is 1.24 bits per heavy atom. The number of rotatable bonds is 4. The standard InChI is InChI=1S/C16H13NO4/c18-13-2-1-10(21-9-3-5-17-6-4-9)7-11(13)14-12-8-16(12,14)15(19)20/h1-7,12,14,18H,8H2,(H,19,20)/t12-,14+,16-/m0/s1. The molecule has 2 aliphatic rings. The van der Waals surface area contributed by atoms with E-state index in [1.54, 1.807) is 42.7 Å². The van der Waals surface area contributed by atoms with Gasteiger partial charge < -0.3 is 14.9 Å². The van der Waals surface area contributed by atoms with Crippen molar-refractivity contribution in [3.8, 4) is 17.2 Å². The van der Waals surface area contributed by atoms with Gasteiger partial charge in [0.25, 0.3) is 0 Å². The number of aliphatic carboxylic acids is 1. The van der Waals surface area contributed by atoms with Crippen LogP contribution in [0.25, 0.3) is 0 Å². The molecule has 0 saturated heterocycles. The summed E-state index contributed by atoms with van der Waals surface area (Å²) in [6.45, 7) is 0. The van der Waals surface area contributed by atoms with Gasteiger partial charge in [-0.25, -0.2) is 0 Å². The number of phenols is 1. The Morgan fingerprint density at radius 3 is 2.62 bits per heavy atom. The van der Waals surface area contributed by atoms with Gasteiger partial charge >= 0.3 is 5.97 Å². The van der Waals surface area contributed by atoms with Crippen LogP contribution < -0.4 is 4.74 Å². The molecule has 2 N–H and O–H groups in total. The summed E-state index contributed by atoms with van der Waals surface area (Å²) in [6.07, 6.45) is 3.97. The van der Waals surface area contributed by atoms with Crippen molar-refractivity contribution in [3.05, 3.63) is 48.3 Å². The van der Waals surface area contributed by atoms with Crippen LogP contribution in [0.3, 0.4) is 0 Å². The maximum absolute atomic E-state index is 11.3. The van der Waals surface area contributed by atoms with Gasteiger partial charge in [-0.3, -0.25) is 9.78 Å². The highest BCUT2D eigenvalue weighted by Gasteiger charge is 2.84. The fraction of sp³-hybridized carbons (Fsp3) is 0.250. The molecule has 4 rings (SSSR count). The lowest BCUT2D eigenvalue weighted by Gasteiger charge is -2.13. The topological polar surface area (TPSA) is 79.7 Å². The minimum absolute atomic E-state index is 0.0870. The van der Waals surface area contributed by atoms with Crippen LogP contribution in [0.5, 0.6) is 17.2 Å². The highest BCUT2D eigenvalue weighted by molar-refractivity contribution is 5.87. The number of pyridine rings is 1. The van der Waals surface area contributed by atoms with E-state index in [-0.39, 0.29) is 17.6 Å². The number of fused-ring (bicyclic) bond motifs is 1. The number of carboxylic acids is 1. The molecule has 2 aliphatic carbocycles. The smallest absolute Gasteiger partial charge is 0.310 e. The minimum Gasteiger partial charge on any atom is -0.508 e. The zero-order chi connectivity index (χ0) is 14.6. The molecule has 5 nitrogen and oxygen atoms in total. The Bertz CT molecular complexity index is 730. The molecular formula is C16H13NO4. The second-order valence-corrected chi connectivity index (χ2v) is 5.64. The van der Waals surface area contributed by atoms with Crippen molar-refractivity contribution in [3.63, 3.8) is 0 Å². The van der Waals surface area contributed by atoms with Gasteiger partial charge in [-0.1, -0.05) is 0 Å². The van der Waals surface area contributed by atoms with Crippen LogP contribution in [0.1, 0.15) is 17.9 Å². The van der Waals surface area contributed by atoms with Gasteiger partial charge in [0.1, 0.15) is 17.2 Å². The second-order valence-electron chi connectivity index (χ2n) is 5.64. The second kappa shape index (κ2) is 3.97. The number of carbonyl (C=O) groups is 1. The third-order valence-electron chi connectivity index (χ3n) is 4.53. The summed E-state index contributed by atoms with van der Waals surface area (Å²) in [5.74, 6) is 0.678. The molecule has 21 heavy (non-hydrogen) atoms. The molecule has 2 fully saturated rings. The van der Waals surface area contributed by atoms with Crippen LogP contribution >= 0.6 is 0 Å². The molecule has 1 heterocycles. The van der Waals surface area contributed by atoms with Crippen LogP contribution in [-0.2, 0) is 4.79 Å². The van der Waals surface area contributed by atoms with Crippen LogP contribution in [-0.4, -0.2) is 21.2 Å². The van der Waals surface area contributed by atoms with E-state index < -0.39 is 11.4 Å². The molecule has 1 aromatic carbocycles. The number of benzene rings is 1. The third-order valence-corrected chi connectivity index (χ3v) is 4.53. The maximum Gasteiger partial charge on any atom is 0.310 e.